The molecule has 6 heteroatoms. The maximum absolute atomic E-state index is 13.1. The van der Waals surface area contributed by atoms with E-state index in [0.717, 1.165) is 64.1 Å². The molecule has 3 fully saturated rings. The zero-order chi connectivity index (χ0) is 17.0. The van der Waals surface area contributed by atoms with Crippen LogP contribution in [0.1, 0.15) is 58.3 Å². The van der Waals surface area contributed by atoms with Crippen molar-refractivity contribution >= 4 is 11.9 Å². The van der Waals surface area contributed by atoms with Gasteiger partial charge in [0.25, 0.3) is 0 Å². The standard InChI is InChI=1S/C18H32N4O2/c1-2-19-17(24)21-18(9-3-4-10-18)16(23)22-11-7-15(8-12-22)20-13-14-5-6-14/h14-15,20H,2-13H2,1H3,(H2,19,21,24). The molecule has 0 radical (unpaired) electrons. The van der Waals surface area contributed by atoms with E-state index < -0.39 is 5.54 Å². The Kier molecular flexibility index (Phi) is 5.64. The Morgan fingerprint density at radius 1 is 1.08 bits per heavy atom. The van der Waals surface area contributed by atoms with Gasteiger partial charge >= 0.3 is 6.03 Å². The number of nitrogens with one attached hydrogen (secondary N) is 3. The number of hydrogen-bond donors (Lipinski definition) is 3. The van der Waals surface area contributed by atoms with Gasteiger partial charge in [0.05, 0.1) is 0 Å². The third kappa shape index (κ3) is 4.21. The number of amides is 3. The fraction of sp³-hybridized carbons (Fsp3) is 0.889. The highest BCUT2D eigenvalue weighted by molar-refractivity contribution is 5.91. The molecule has 6 nitrogen and oxygen atoms in total. The van der Waals surface area contributed by atoms with Gasteiger partial charge in [-0.25, -0.2) is 4.79 Å². The van der Waals surface area contributed by atoms with E-state index in [1.54, 1.807) is 0 Å². The van der Waals surface area contributed by atoms with E-state index in [2.05, 4.69) is 16.0 Å². The second-order valence-electron chi connectivity index (χ2n) is 7.69. The average Bonchev–Trinajstić information content (AvgIpc) is 3.30. The highest BCUT2D eigenvalue weighted by Crippen LogP contribution is 2.32. The summed E-state index contributed by atoms with van der Waals surface area (Å²) in [4.78, 5) is 27.1. The average molecular weight is 336 g/mol. The minimum Gasteiger partial charge on any atom is -0.341 e. The molecule has 2 aliphatic carbocycles. The fourth-order valence-corrected chi connectivity index (χ4v) is 4.04. The monoisotopic (exact) mass is 336 g/mol. The molecule has 3 aliphatic rings. The number of carbonyl (C=O) groups excluding carboxylic acids is 2. The van der Waals surface area contributed by atoms with Gasteiger partial charge in [0.1, 0.15) is 5.54 Å². The third-order valence-electron chi connectivity index (χ3n) is 5.73. The molecule has 1 aliphatic heterocycles. The van der Waals surface area contributed by atoms with Crippen LogP contribution in [0.4, 0.5) is 4.79 Å². The molecule has 0 aromatic rings. The lowest BCUT2D eigenvalue weighted by atomic mass is 9.93. The van der Waals surface area contributed by atoms with Gasteiger partial charge in [-0.05, 0) is 57.9 Å². The van der Waals surface area contributed by atoms with Crippen molar-refractivity contribution in [2.24, 2.45) is 5.92 Å². The second kappa shape index (κ2) is 7.72. The topological polar surface area (TPSA) is 73.5 Å². The first-order valence-corrected chi connectivity index (χ1v) is 9.72. The van der Waals surface area contributed by atoms with Crippen molar-refractivity contribution in [2.45, 2.75) is 69.9 Å². The number of piperidine rings is 1. The number of rotatable bonds is 6. The van der Waals surface area contributed by atoms with Crippen LogP contribution >= 0.6 is 0 Å². The zero-order valence-corrected chi connectivity index (χ0v) is 14.9. The smallest absolute Gasteiger partial charge is 0.315 e. The molecule has 3 amide bonds. The Balaban J connectivity index is 1.52. The van der Waals surface area contributed by atoms with Crippen molar-refractivity contribution in [3.8, 4) is 0 Å². The van der Waals surface area contributed by atoms with Gasteiger partial charge in [-0.2, -0.15) is 0 Å². The van der Waals surface area contributed by atoms with Crippen LogP contribution < -0.4 is 16.0 Å². The predicted octanol–water partition coefficient (Wildman–Crippen LogP) is 1.61. The van der Waals surface area contributed by atoms with E-state index in [1.807, 2.05) is 11.8 Å². The Labute approximate surface area is 145 Å². The first-order valence-electron chi connectivity index (χ1n) is 9.72. The highest BCUT2D eigenvalue weighted by atomic mass is 16.2. The van der Waals surface area contributed by atoms with Crippen LogP contribution in [0.2, 0.25) is 0 Å². The molecule has 0 bridgehead atoms. The van der Waals surface area contributed by atoms with Crippen LogP contribution in [0, 0.1) is 5.92 Å². The van der Waals surface area contributed by atoms with Crippen molar-refractivity contribution in [1.29, 1.82) is 0 Å². The molecule has 0 unspecified atom stereocenters. The van der Waals surface area contributed by atoms with E-state index in [9.17, 15) is 9.59 Å². The molecular weight excluding hydrogens is 304 g/mol. The molecule has 0 spiro atoms. The van der Waals surface area contributed by atoms with E-state index >= 15 is 0 Å². The molecular formula is C18H32N4O2. The van der Waals surface area contributed by atoms with Gasteiger partial charge in [0.15, 0.2) is 0 Å². The van der Waals surface area contributed by atoms with E-state index in [0.29, 0.717) is 12.6 Å². The van der Waals surface area contributed by atoms with Gasteiger partial charge < -0.3 is 20.9 Å². The predicted molar refractivity (Wildman–Crippen MR) is 93.7 cm³/mol. The molecule has 0 aromatic heterocycles. The molecule has 1 heterocycles. The third-order valence-corrected chi connectivity index (χ3v) is 5.73. The molecule has 2 saturated carbocycles. The van der Waals surface area contributed by atoms with Crippen molar-refractivity contribution in [2.75, 3.05) is 26.2 Å². The number of carbonyl (C=O) groups is 2. The van der Waals surface area contributed by atoms with Crippen LogP contribution in [-0.4, -0.2) is 54.6 Å². The summed E-state index contributed by atoms with van der Waals surface area (Å²) < 4.78 is 0. The number of hydrogen-bond acceptors (Lipinski definition) is 3. The Morgan fingerprint density at radius 2 is 1.75 bits per heavy atom. The van der Waals surface area contributed by atoms with Gasteiger partial charge in [-0.1, -0.05) is 12.8 Å². The normalized spacial score (nSPS) is 24.0. The van der Waals surface area contributed by atoms with Crippen molar-refractivity contribution in [3.63, 3.8) is 0 Å². The summed E-state index contributed by atoms with van der Waals surface area (Å²) in [6.07, 6.45) is 8.35. The maximum atomic E-state index is 13.1. The molecule has 3 N–H and O–H groups in total. The first kappa shape index (κ1) is 17.5. The molecule has 24 heavy (non-hydrogen) atoms. The Hall–Kier alpha value is -1.30. The minimum absolute atomic E-state index is 0.131. The van der Waals surface area contributed by atoms with Crippen molar-refractivity contribution in [3.05, 3.63) is 0 Å². The quantitative estimate of drug-likeness (QED) is 0.690. The summed E-state index contributed by atoms with van der Waals surface area (Å²) in [5.74, 6) is 1.03. The molecule has 0 atom stereocenters. The van der Waals surface area contributed by atoms with Crippen LogP contribution in [-0.2, 0) is 4.79 Å². The molecule has 3 rings (SSSR count). The largest absolute Gasteiger partial charge is 0.341 e. The summed E-state index contributed by atoms with van der Waals surface area (Å²) in [7, 11) is 0. The van der Waals surface area contributed by atoms with Crippen molar-refractivity contribution < 1.29 is 9.59 Å². The van der Waals surface area contributed by atoms with Gasteiger partial charge in [-0.3, -0.25) is 4.79 Å². The zero-order valence-electron chi connectivity index (χ0n) is 14.9. The van der Waals surface area contributed by atoms with E-state index in [4.69, 9.17) is 0 Å². The van der Waals surface area contributed by atoms with Crippen LogP contribution in [0.15, 0.2) is 0 Å². The lowest BCUT2D eigenvalue weighted by Crippen LogP contribution is -2.61. The molecule has 0 aromatic carbocycles. The van der Waals surface area contributed by atoms with Gasteiger partial charge in [0.2, 0.25) is 5.91 Å². The summed E-state index contributed by atoms with van der Waals surface area (Å²) in [6, 6.07) is 0.333. The highest BCUT2D eigenvalue weighted by Gasteiger charge is 2.45. The first-order chi connectivity index (χ1) is 11.6. The maximum Gasteiger partial charge on any atom is 0.315 e. The van der Waals surface area contributed by atoms with Crippen LogP contribution in [0.3, 0.4) is 0 Å². The molecule has 1 saturated heterocycles. The van der Waals surface area contributed by atoms with Crippen molar-refractivity contribution in [1.82, 2.24) is 20.9 Å². The van der Waals surface area contributed by atoms with E-state index in [-0.39, 0.29) is 11.9 Å². The number of nitrogens with zero attached hydrogens (tertiary/aromatic N) is 1. The second-order valence-corrected chi connectivity index (χ2v) is 7.69. The SMILES string of the molecule is CCNC(=O)NC1(C(=O)N2CCC(NCC3CC3)CC2)CCCC1. The van der Waals surface area contributed by atoms with Crippen LogP contribution in [0.25, 0.3) is 0 Å². The summed E-state index contributed by atoms with van der Waals surface area (Å²) in [5.41, 5.74) is -0.673. The Bertz CT molecular complexity index is 450. The number of likely N-dealkylation sites (tertiary alicyclic amines) is 1. The fourth-order valence-electron chi connectivity index (χ4n) is 4.04. The van der Waals surface area contributed by atoms with Gasteiger partial charge in [-0.15, -0.1) is 0 Å². The minimum atomic E-state index is -0.673. The summed E-state index contributed by atoms with van der Waals surface area (Å²) in [6.45, 7) is 5.22. The summed E-state index contributed by atoms with van der Waals surface area (Å²) in [5, 5.41) is 9.41. The van der Waals surface area contributed by atoms with E-state index in [1.165, 1.54) is 12.8 Å². The van der Waals surface area contributed by atoms with Gasteiger partial charge in [0, 0.05) is 25.7 Å². The number of urea groups is 1. The summed E-state index contributed by atoms with van der Waals surface area (Å²) >= 11 is 0. The lowest BCUT2D eigenvalue weighted by molar-refractivity contribution is -0.139. The molecule has 136 valence electrons. The lowest BCUT2D eigenvalue weighted by Gasteiger charge is -2.39. The van der Waals surface area contributed by atoms with Crippen LogP contribution in [0.5, 0.6) is 0 Å². The Morgan fingerprint density at radius 3 is 2.33 bits per heavy atom.